The molecule has 3 heterocycles. The number of nitrogens with one attached hydrogen (secondary N) is 1. The van der Waals surface area contributed by atoms with E-state index in [0.717, 1.165) is 5.76 Å². The van der Waals surface area contributed by atoms with Crippen molar-refractivity contribution in [1.82, 2.24) is 14.9 Å². The van der Waals surface area contributed by atoms with Gasteiger partial charge in [-0.3, -0.25) is 4.79 Å². The molecule has 25 heavy (non-hydrogen) atoms. The molecular weight excluding hydrogens is 344 g/mol. The molecule has 2 aromatic heterocycles. The first-order valence-corrected chi connectivity index (χ1v) is 9.76. The molecule has 1 unspecified atom stereocenters. The summed E-state index contributed by atoms with van der Waals surface area (Å²) in [6.45, 7) is 2.18. The molecule has 8 nitrogen and oxygen atoms in total. The van der Waals surface area contributed by atoms with Gasteiger partial charge in [0.05, 0.1) is 24.3 Å². The highest BCUT2D eigenvalue weighted by atomic mass is 32.2. The average Bonchev–Trinajstić information content (AvgIpc) is 3.20. The van der Waals surface area contributed by atoms with E-state index in [4.69, 9.17) is 4.42 Å². The second-order valence-electron chi connectivity index (χ2n) is 6.12. The average molecular weight is 364 g/mol. The Morgan fingerprint density at radius 2 is 2.24 bits per heavy atom. The molecule has 1 atom stereocenters. The third kappa shape index (κ3) is 4.16. The number of carbonyl (C=O) groups excluding carboxylic acids is 1. The van der Waals surface area contributed by atoms with E-state index in [1.165, 1.54) is 4.90 Å². The van der Waals surface area contributed by atoms with Crippen molar-refractivity contribution >= 4 is 21.7 Å². The predicted molar refractivity (Wildman–Crippen MR) is 92.0 cm³/mol. The summed E-state index contributed by atoms with van der Waals surface area (Å²) in [6, 6.07) is 4.89. The van der Waals surface area contributed by atoms with Crippen LogP contribution >= 0.6 is 0 Å². The first-order valence-electron chi connectivity index (χ1n) is 7.93. The summed E-state index contributed by atoms with van der Waals surface area (Å²) in [5.74, 6) is 0.865. The van der Waals surface area contributed by atoms with Crippen LogP contribution in [0.25, 0.3) is 0 Å². The van der Waals surface area contributed by atoms with Gasteiger partial charge in [-0.1, -0.05) is 0 Å². The smallest absolute Gasteiger partial charge is 0.272 e. The maximum atomic E-state index is 12.7. The third-order valence-electron chi connectivity index (χ3n) is 4.15. The van der Waals surface area contributed by atoms with Crippen molar-refractivity contribution in [3.63, 3.8) is 0 Å². The number of aromatic nitrogens is 2. The van der Waals surface area contributed by atoms with Crippen molar-refractivity contribution in [2.45, 2.75) is 25.9 Å². The fourth-order valence-electron chi connectivity index (χ4n) is 2.76. The molecule has 9 heteroatoms. The second kappa shape index (κ2) is 6.83. The lowest BCUT2D eigenvalue weighted by atomic mass is 10.2. The number of sulfone groups is 1. The molecule has 1 aliphatic rings. The first-order chi connectivity index (χ1) is 11.8. The Balaban J connectivity index is 1.73. The summed E-state index contributed by atoms with van der Waals surface area (Å²) >= 11 is 0. The molecule has 0 radical (unpaired) electrons. The van der Waals surface area contributed by atoms with Gasteiger partial charge in [-0.15, -0.1) is 0 Å². The van der Waals surface area contributed by atoms with Gasteiger partial charge in [0, 0.05) is 18.8 Å². The van der Waals surface area contributed by atoms with Crippen molar-refractivity contribution in [2.24, 2.45) is 0 Å². The molecule has 1 amide bonds. The van der Waals surface area contributed by atoms with Crippen LogP contribution in [0, 0.1) is 6.92 Å². The molecule has 0 aliphatic carbocycles. The van der Waals surface area contributed by atoms with Crippen LogP contribution < -0.4 is 5.32 Å². The zero-order valence-corrected chi connectivity index (χ0v) is 14.9. The van der Waals surface area contributed by atoms with Gasteiger partial charge in [0.25, 0.3) is 5.91 Å². The van der Waals surface area contributed by atoms with Crippen LogP contribution in [-0.4, -0.2) is 53.8 Å². The summed E-state index contributed by atoms with van der Waals surface area (Å²) in [5.41, 5.74) is 0.883. The van der Waals surface area contributed by atoms with E-state index in [1.54, 1.807) is 32.4 Å². The second-order valence-corrected chi connectivity index (χ2v) is 8.35. The molecule has 1 aliphatic heterocycles. The molecule has 2 aromatic rings. The van der Waals surface area contributed by atoms with Gasteiger partial charge >= 0.3 is 0 Å². The van der Waals surface area contributed by atoms with E-state index in [9.17, 15) is 13.2 Å². The van der Waals surface area contributed by atoms with Gasteiger partial charge < -0.3 is 14.6 Å². The number of nitrogens with zero attached hydrogens (tertiary/aromatic N) is 3. The van der Waals surface area contributed by atoms with Crippen molar-refractivity contribution in [1.29, 1.82) is 0 Å². The number of amides is 1. The van der Waals surface area contributed by atoms with Crippen LogP contribution in [0.15, 0.2) is 28.9 Å². The predicted octanol–water partition coefficient (Wildman–Crippen LogP) is 1.25. The summed E-state index contributed by atoms with van der Waals surface area (Å²) in [6.07, 6.45) is 2.03. The van der Waals surface area contributed by atoms with E-state index < -0.39 is 9.84 Å². The van der Waals surface area contributed by atoms with Crippen LogP contribution in [0.3, 0.4) is 0 Å². The van der Waals surface area contributed by atoms with E-state index in [2.05, 4.69) is 15.3 Å². The Kier molecular flexibility index (Phi) is 4.76. The van der Waals surface area contributed by atoms with Crippen LogP contribution in [0.2, 0.25) is 0 Å². The normalized spacial score (nSPS) is 18.9. The van der Waals surface area contributed by atoms with Gasteiger partial charge in [-0.05, 0) is 31.5 Å². The van der Waals surface area contributed by atoms with Crippen LogP contribution in [0.5, 0.6) is 0 Å². The number of rotatable bonds is 5. The zero-order chi connectivity index (χ0) is 18.0. The number of hydrogen-bond acceptors (Lipinski definition) is 7. The summed E-state index contributed by atoms with van der Waals surface area (Å²) < 4.78 is 28.5. The molecule has 3 rings (SSSR count). The Bertz CT molecular complexity index is 864. The minimum absolute atomic E-state index is 0.00288. The maximum absolute atomic E-state index is 12.7. The SMILES string of the molecule is Cc1cc(C(=O)N(C)C2CCS(=O)(=O)C2)nc(NCc2ccco2)n1. The van der Waals surface area contributed by atoms with Gasteiger partial charge in [0.2, 0.25) is 5.95 Å². The number of aryl methyl sites for hydroxylation is 1. The number of carbonyl (C=O) groups is 1. The fourth-order valence-corrected chi connectivity index (χ4v) is 4.54. The highest BCUT2D eigenvalue weighted by Crippen LogP contribution is 2.19. The fraction of sp³-hybridized carbons (Fsp3) is 0.438. The molecule has 0 saturated carbocycles. The van der Waals surface area contributed by atoms with E-state index in [0.29, 0.717) is 24.6 Å². The van der Waals surface area contributed by atoms with Crippen molar-refractivity contribution < 1.29 is 17.6 Å². The molecular formula is C16H20N4O4S. The summed E-state index contributed by atoms with van der Waals surface area (Å²) in [4.78, 5) is 22.7. The molecule has 0 spiro atoms. The van der Waals surface area contributed by atoms with E-state index in [1.807, 2.05) is 6.07 Å². The van der Waals surface area contributed by atoms with Crippen molar-refractivity contribution in [3.8, 4) is 0 Å². The summed E-state index contributed by atoms with van der Waals surface area (Å²) in [5, 5.41) is 3.02. The van der Waals surface area contributed by atoms with Crippen LogP contribution in [0.1, 0.15) is 28.4 Å². The Hall–Kier alpha value is -2.42. The van der Waals surface area contributed by atoms with Crippen molar-refractivity contribution in [3.05, 3.63) is 41.6 Å². The van der Waals surface area contributed by atoms with Crippen LogP contribution in [0.4, 0.5) is 5.95 Å². The number of hydrogen-bond donors (Lipinski definition) is 1. The molecule has 1 N–H and O–H groups in total. The molecule has 0 aromatic carbocycles. The highest BCUT2D eigenvalue weighted by molar-refractivity contribution is 7.91. The Morgan fingerprint density at radius 1 is 1.44 bits per heavy atom. The van der Waals surface area contributed by atoms with E-state index >= 15 is 0 Å². The lowest BCUT2D eigenvalue weighted by Gasteiger charge is -2.23. The van der Waals surface area contributed by atoms with Gasteiger partial charge in [0.15, 0.2) is 9.84 Å². The summed E-state index contributed by atoms with van der Waals surface area (Å²) in [7, 11) is -1.44. The third-order valence-corrected chi connectivity index (χ3v) is 5.90. The maximum Gasteiger partial charge on any atom is 0.272 e. The minimum Gasteiger partial charge on any atom is -0.467 e. The topological polar surface area (TPSA) is 105 Å². The molecule has 134 valence electrons. The number of furan rings is 1. The quantitative estimate of drug-likeness (QED) is 0.851. The zero-order valence-electron chi connectivity index (χ0n) is 14.1. The van der Waals surface area contributed by atoms with Gasteiger partial charge in [-0.25, -0.2) is 18.4 Å². The minimum atomic E-state index is -3.06. The largest absolute Gasteiger partial charge is 0.467 e. The standard InChI is InChI=1S/C16H20N4O4S/c1-11-8-14(15(21)20(2)12-5-7-25(22,23)10-12)19-16(18-11)17-9-13-4-3-6-24-13/h3-4,6,8,12H,5,7,9-10H2,1-2H3,(H,17,18,19). The molecule has 0 bridgehead atoms. The van der Waals surface area contributed by atoms with E-state index in [-0.39, 0.29) is 29.1 Å². The molecule has 1 saturated heterocycles. The van der Waals surface area contributed by atoms with Crippen LogP contribution in [-0.2, 0) is 16.4 Å². The van der Waals surface area contributed by atoms with Gasteiger partial charge in [0.1, 0.15) is 11.5 Å². The van der Waals surface area contributed by atoms with Crippen molar-refractivity contribution in [2.75, 3.05) is 23.9 Å². The monoisotopic (exact) mass is 364 g/mol. The highest BCUT2D eigenvalue weighted by Gasteiger charge is 2.33. The van der Waals surface area contributed by atoms with Gasteiger partial charge in [-0.2, -0.15) is 0 Å². The first kappa shape index (κ1) is 17.4. The molecule has 1 fully saturated rings. The Labute approximate surface area is 146 Å². The lowest BCUT2D eigenvalue weighted by Crippen LogP contribution is -2.38. The lowest BCUT2D eigenvalue weighted by molar-refractivity contribution is 0.0741. The Morgan fingerprint density at radius 3 is 2.88 bits per heavy atom. The number of anilines is 1.